The molecular weight excluding hydrogens is 358 g/mol. The molecule has 3 rings (SSSR count). The molecule has 1 N–H and O–H groups in total. The minimum atomic E-state index is -0.256. The summed E-state index contributed by atoms with van der Waals surface area (Å²) in [7, 11) is 1.56. The first kappa shape index (κ1) is 19.5. The van der Waals surface area contributed by atoms with Crippen molar-refractivity contribution < 1.29 is 19.1 Å². The van der Waals surface area contributed by atoms with Gasteiger partial charge in [0.05, 0.1) is 12.8 Å². The van der Waals surface area contributed by atoms with Crippen LogP contribution in [0.3, 0.4) is 0 Å². The number of ether oxygens (including phenoxy) is 2. The lowest BCUT2D eigenvalue weighted by molar-refractivity contribution is -0.129. The molecule has 0 aliphatic carbocycles. The van der Waals surface area contributed by atoms with E-state index in [9.17, 15) is 9.59 Å². The minimum absolute atomic E-state index is 0.0886. The molecule has 1 saturated heterocycles. The Hall–Kier alpha value is -3.22. The Bertz CT molecular complexity index is 815. The molecule has 7 heteroatoms. The van der Waals surface area contributed by atoms with Crippen LogP contribution in [0.2, 0.25) is 0 Å². The van der Waals surface area contributed by atoms with Crippen LogP contribution >= 0.6 is 0 Å². The highest BCUT2D eigenvalue weighted by molar-refractivity contribution is 5.93. The van der Waals surface area contributed by atoms with Crippen LogP contribution in [0.25, 0.3) is 0 Å². The van der Waals surface area contributed by atoms with E-state index in [1.54, 1.807) is 26.2 Å². The van der Waals surface area contributed by atoms with Gasteiger partial charge in [0.1, 0.15) is 11.5 Å². The van der Waals surface area contributed by atoms with Gasteiger partial charge in [-0.05, 0) is 36.4 Å². The molecule has 7 nitrogen and oxygen atoms in total. The summed E-state index contributed by atoms with van der Waals surface area (Å²) in [5, 5.41) is 2.78. The molecule has 28 heavy (non-hydrogen) atoms. The summed E-state index contributed by atoms with van der Waals surface area (Å²) in [5.74, 6) is 1.09. The molecule has 0 aromatic heterocycles. The van der Waals surface area contributed by atoms with E-state index in [0.29, 0.717) is 17.2 Å². The highest BCUT2D eigenvalue weighted by Gasteiger charge is 2.18. The summed E-state index contributed by atoms with van der Waals surface area (Å²) in [5.41, 5.74) is 1.69. The van der Waals surface area contributed by atoms with Gasteiger partial charge in [-0.25, -0.2) is 0 Å². The number of hydrogen-bond acceptors (Lipinski definition) is 5. The number of nitrogens with one attached hydrogen (secondary N) is 1. The predicted molar refractivity (Wildman–Crippen MR) is 108 cm³/mol. The van der Waals surface area contributed by atoms with E-state index in [0.717, 1.165) is 31.9 Å². The molecule has 2 aromatic carbocycles. The van der Waals surface area contributed by atoms with Crippen molar-refractivity contribution in [1.82, 2.24) is 4.90 Å². The molecule has 1 aliphatic heterocycles. The van der Waals surface area contributed by atoms with Gasteiger partial charge in [-0.2, -0.15) is 0 Å². The topological polar surface area (TPSA) is 71.1 Å². The first-order valence-electron chi connectivity index (χ1n) is 9.23. The van der Waals surface area contributed by atoms with E-state index >= 15 is 0 Å². The van der Waals surface area contributed by atoms with Crippen LogP contribution in [0.1, 0.15) is 6.92 Å². The molecule has 0 spiro atoms. The molecule has 2 amide bonds. The van der Waals surface area contributed by atoms with Crippen molar-refractivity contribution in [2.75, 3.05) is 50.1 Å². The van der Waals surface area contributed by atoms with E-state index in [1.807, 2.05) is 41.3 Å². The van der Waals surface area contributed by atoms with Gasteiger partial charge in [0, 0.05) is 38.8 Å². The molecule has 1 heterocycles. The van der Waals surface area contributed by atoms with Crippen molar-refractivity contribution in [3.8, 4) is 11.5 Å². The number of para-hydroxylation sites is 2. The highest BCUT2D eigenvalue weighted by atomic mass is 16.5. The van der Waals surface area contributed by atoms with E-state index in [-0.39, 0.29) is 18.4 Å². The molecule has 0 atom stereocenters. The Morgan fingerprint density at radius 2 is 1.68 bits per heavy atom. The zero-order valence-corrected chi connectivity index (χ0v) is 16.2. The smallest absolute Gasteiger partial charge is 0.262 e. The van der Waals surface area contributed by atoms with Gasteiger partial charge in [-0.1, -0.05) is 12.1 Å². The minimum Gasteiger partial charge on any atom is -0.495 e. The largest absolute Gasteiger partial charge is 0.495 e. The molecule has 1 fully saturated rings. The van der Waals surface area contributed by atoms with Crippen molar-refractivity contribution in [1.29, 1.82) is 0 Å². The Morgan fingerprint density at radius 1 is 1.00 bits per heavy atom. The summed E-state index contributed by atoms with van der Waals surface area (Å²) in [6.07, 6.45) is 0. The van der Waals surface area contributed by atoms with Gasteiger partial charge < -0.3 is 24.6 Å². The van der Waals surface area contributed by atoms with Gasteiger partial charge in [-0.3, -0.25) is 9.59 Å². The van der Waals surface area contributed by atoms with E-state index in [4.69, 9.17) is 9.47 Å². The van der Waals surface area contributed by atoms with Crippen molar-refractivity contribution in [3.05, 3.63) is 48.5 Å². The maximum atomic E-state index is 12.1. The number of anilines is 2. The normalized spacial score (nSPS) is 13.8. The fourth-order valence-corrected chi connectivity index (χ4v) is 3.12. The zero-order valence-electron chi connectivity index (χ0n) is 16.2. The number of hydrogen-bond donors (Lipinski definition) is 1. The van der Waals surface area contributed by atoms with Gasteiger partial charge in [-0.15, -0.1) is 0 Å². The molecule has 0 saturated carbocycles. The summed E-state index contributed by atoms with van der Waals surface area (Å²) < 4.78 is 10.8. The maximum absolute atomic E-state index is 12.1. The van der Waals surface area contributed by atoms with Crippen LogP contribution in [-0.2, 0) is 9.59 Å². The first-order valence-corrected chi connectivity index (χ1v) is 9.23. The number of piperazine rings is 1. The van der Waals surface area contributed by atoms with Gasteiger partial charge in [0.15, 0.2) is 6.61 Å². The Balaban J connectivity index is 1.49. The number of amides is 2. The summed E-state index contributed by atoms with van der Waals surface area (Å²) in [6.45, 7) is 4.59. The van der Waals surface area contributed by atoms with Gasteiger partial charge >= 0.3 is 0 Å². The van der Waals surface area contributed by atoms with E-state index in [2.05, 4.69) is 10.2 Å². The molecule has 1 aliphatic rings. The second-order valence-electron chi connectivity index (χ2n) is 6.52. The number of carbonyl (C=O) groups is 2. The van der Waals surface area contributed by atoms with Crippen LogP contribution in [0.15, 0.2) is 48.5 Å². The monoisotopic (exact) mass is 383 g/mol. The summed E-state index contributed by atoms with van der Waals surface area (Å²) in [6, 6.07) is 14.9. The molecule has 0 radical (unpaired) electrons. The van der Waals surface area contributed by atoms with Crippen molar-refractivity contribution >= 4 is 23.2 Å². The second kappa shape index (κ2) is 9.12. The molecular formula is C21H25N3O4. The van der Waals surface area contributed by atoms with E-state index in [1.165, 1.54) is 0 Å². The van der Waals surface area contributed by atoms with Crippen molar-refractivity contribution in [3.63, 3.8) is 0 Å². The quantitative estimate of drug-likeness (QED) is 0.829. The second-order valence-corrected chi connectivity index (χ2v) is 6.52. The standard InChI is InChI=1S/C21H25N3O4/c1-16(25)23-11-13-24(14-12-23)17-7-9-18(10-8-17)28-15-21(26)22-19-5-3-4-6-20(19)27-2/h3-10H,11-15H2,1-2H3,(H,22,26). The summed E-state index contributed by atoms with van der Waals surface area (Å²) >= 11 is 0. The Kier molecular flexibility index (Phi) is 6.37. The lowest BCUT2D eigenvalue weighted by Crippen LogP contribution is -2.48. The number of nitrogens with zero attached hydrogens (tertiary/aromatic N) is 2. The molecule has 2 aromatic rings. The molecule has 0 unspecified atom stereocenters. The third kappa shape index (κ3) is 4.94. The average Bonchev–Trinajstić information content (AvgIpc) is 2.73. The van der Waals surface area contributed by atoms with Gasteiger partial charge in [0.25, 0.3) is 5.91 Å². The Morgan fingerprint density at radius 3 is 2.32 bits per heavy atom. The number of benzene rings is 2. The average molecular weight is 383 g/mol. The van der Waals surface area contributed by atoms with E-state index < -0.39 is 0 Å². The fourth-order valence-electron chi connectivity index (χ4n) is 3.12. The van der Waals surface area contributed by atoms with Crippen LogP contribution in [-0.4, -0.2) is 56.6 Å². The lowest BCUT2D eigenvalue weighted by atomic mass is 10.2. The SMILES string of the molecule is COc1ccccc1NC(=O)COc1ccc(N2CCN(C(C)=O)CC2)cc1. The molecule has 148 valence electrons. The zero-order chi connectivity index (χ0) is 19.9. The first-order chi connectivity index (χ1) is 13.6. The van der Waals surface area contributed by atoms with Crippen LogP contribution in [0.4, 0.5) is 11.4 Å². The van der Waals surface area contributed by atoms with Crippen LogP contribution < -0.4 is 19.7 Å². The number of rotatable bonds is 6. The maximum Gasteiger partial charge on any atom is 0.262 e. The van der Waals surface area contributed by atoms with Crippen molar-refractivity contribution in [2.24, 2.45) is 0 Å². The predicted octanol–water partition coefficient (Wildman–Crippen LogP) is 2.38. The van der Waals surface area contributed by atoms with Crippen LogP contribution in [0.5, 0.6) is 11.5 Å². The third-order valence-electron chi connectivity index (χ3n) is 4.68. The number of methoxy groups -OCH3 is 1. The molecule has 0 bridgehead atoms. The fraction of sp³-hybridized carbons (Fsp3) is 0.333. The van der Waals surface area contributed by atoms with Crippen LogP contribution in [0, 0.1) is 0 Å². The summed E-state index contributed by atoms with van der Waals surface area (Å²) in [4.78, 5) is 27.6. The third-order valence-corrected chi connectivity index (χ3v) is 4.68. The highest BCUT2D eigenvalue weighted by Crippen LogP contribution is 2.23. The lowest BCUT2D eigenvalue weighted by Gasteiger charge is -2.35. The van der Waals surface area contributed by atoms with Gasteiger partial charge in [0.2, 0.25) is 5.91 Å². The number of carbonyl (C=O) groups excluding carboxylic acids is 2. The Labute approximate surface area is 164 Å². The van der Waals surface area contributed by atoms with Crippen molar-refractivity contribution in [2.45, 2.75) is 6.92 Å².